The number of fused-ring (bicyclic) bond motifs is 1. The summed E-state index contributed by atoms with van der Waals surface area (Å²) in [5.41, 5.74) is 2.60. The maximum absolute atomic E-state index is 12.5. The van der Waals surface area contributed by atoms with Crippen LogP contribution in [-0.4, -0.2) is 92.1 Å². The fourth-order valence-corrected chi connectivity index (χ4v) is 4.92. The summed E-state index contributed by atoms with van der Waals surface area (Å²) in [5, 5.41) is 15.7. The van der Waals surface area contributed by atoms with E-state index in [-0.39, 0.29) is 5.92 Å². The highest BCUT2D eigenvalue weighted by Gasteiger charge is 2.30. The molecule has 3 aromatic rings. The predicted octanol–water partition coefficient (Wildman–Crippen LogP) is 3.83. The van der Waals surface area contributed by atoms with Crippen molar-refractivity contribution in [3.63, 3.8) is 0 Å². The zero-order valence-corrected chi connectivity index (χ0v) is 27.9. The molecule has 4 rings (SSSR count). The smallest absolute Gasteiger partial charge is 0.408 e. The van der Waals surface area contributed by atoms with Gasteiger partial charge >= 0.3 is 6.09 Å². The maximum atomic E-state index is 12.5. The van der Waals surface area contributed by atoms with E-state index in [9.17, 15) is 9.59 Å². The Bertz CT molecular complexity index is 1410. The van der Waals surface area contributed by atoms with Crippen LogP contribution in [0.2, 0.25) is 0 Å². The molecule has 1 saturated heterocycles. The molecule has 1 aliphatic heterocycles. The summed E-state index contributed by atoms with van der Waals surface area (Å²) in [5.74, 6) is 1.16. The second-order valence-corrected chi connectivity index (χ2v) is 12.6. The summed E-state index contributed by atoms with van der Waals surface area (Å²) in [6.07, 6.45) is 2.76. The van der Waals surface area contributed by atoms with E-state index in [0.29, 0.717) is 93.4 Å². The van der Waals surface area contributed by atoms with Gasteiger partial charge in [-0.1, -0.05) is 5.16 Å². The Morgan fingerprint density at radius 3 is 2.28 bits per heavy atom. The summed E-state index contributed by atoms with van der Waals surface area (Å²) in [6, 6.07) is 7.94. The molecule has 0 bridgehead atoms. The molecule has 252 valence electrons. The number of anilines is 2. The number of hydrogen-bond acceptors (Lipinski definition) is 11. The zero-order valence-electron chi connectivity index (χ0n) is 27.9. The molecule has 4 N–H and O–H groups in total. The van der Waals surface area contributed by atoms with E-state index < -0.39 is 17.2 Å². The third kappa shape index (κ3) is 10.6. The minimum Gasteiger partial charge on any atom is -0.444 e. The number of alkyl carbamates (subject to hydrolysis) is 1. The summed E-state index contributed by atoms with van der Waals surface area (Å²) in [6.45, 7) is 12.4. The Hall–Kier alpha value is -4.46. The number of aromatic nitrogens is 3. The highest BCUT2D eigenvalue weighted by atomic mass is 16.6. The molecule has 46 heavy (non-hydrogen) atoms. The van der Waals surface area contributed by atoms with Crippen molar-refractivity contribution in [3.05, 3.63) is 30.0 Å². The quantitative estimate of drug-likeness (QED) is 0.158. The number of hydrogen-bond donors (Lipinski definition) is 4. The van der Waals surface area contributed by atoms with E-state index in [0.717, 1.165) is 11.3 Å². The van der Waals surface area contributed by atoms with Crippen LogP contribution in [0.3, 0.4) is 0 Å². The standard InChI is InChI=1S/C30H43N7O5.C2H5NO/c1-29(2,3)41-28(39)35-30(4,5)13-11-20(12-14-32-19-38)23-24-25(42-36-23)27(37-15-17-40-18-16-37)34-26(33-24)21-7-9-22(31-6)10-8-21;1-3-2-4/h7-10,19-20,31H,11-18H2,1-6H3,(H,32,38)(H,35,39);2H,1H3,(H,3,4). The summed E-state index contributed by atoms with van der Waals surface area (Å²) in [7, 11) is 3.44. The van der Waals surface area contributed by atoms with Gasteiger partial charge in [-0.05, 0) is 78.1 Å². The normalized spacial score (nSPS) is 14.0. The van der Waals surface area contributed by atoms with Crippen molar-refractivity contribution in [2.24, 2.45) is 0 Å². The molecule has 3 heterocycles. The van der Waals surface area contributed by atoms with Crippen LogP contribution in [0.1, 0.15) is 65.5 Å². The van der Waals surface area contributed by atoms with Crippen LogP contribution in [-0.2, 0) is 19.1 Å². The Labute approximate surface area is 270 Å². The van der Waals surface area contributed by atoms with Gasteiger partial charge < -0.3 is 40.2 Å². The molecule has 1 atom stereocenters. The molecule has 0 spiro atoms. The first kappa shape index (κ1) is 36.0. The van der Waals surface area contributed by atoms with Gasteiger partial charge in [-0.3, -0.25) is 9.59 Å². The van der Waals surface area contributed by atoms with Gasteiger partial charge in [-0.2, -0.15) is 0 Å². The van der Waals surface area contributed by atoms with Crippen LogP contribution in [0, 0.1) is 0 Å². The lowest BCUT2D eigenvalue weighted by molar-refractivity contribution is -0.110. The minimum absolute atomic E-state index is 0.106. The molecular formula is C32H48N8O6. The zero-order chi connectivity index (χ0) is 33.7. The van der Waals surface area contributed by atoms with Crippen molar-refractivity contribution < 1.29 is 28.4 Å². The van der Waals surface area contributed by atoms with Crippen molar-refractivity contribution in [3.8, 4) is 11.4 Å². The molecule has 14 heteroatoms. The third-order valence-electron chi connectivity index (χ3n) is 7.25. The molecule has 0 aliphatic carbocycles. The molecule has 1 unspecified atom stereocenters. The first-order valence-electron chi connectivity index (χ1n) is 15.5. The average molecular weight is 641 g/mol. The van der Waals surface area contributed by atoms with Crippen LogP contribution in [0.25, 0.3) is 22.5 Å². The largest absolute Gasteiger partial charge is 0.444 e. The number of carbonyl (C=O) groups excluding carboxylic acids is 3. The average Bonchev–Trinajstić information content (AvgIpc) is 3.45. The van der Waals surface area contributed by atoms with E-state index >= 15 is 0 Å². The van der Waals surface area contributed by atoms with Gasteiger partial charge in [0.05, 0.1) is 13.2 Å². The summed E-state index contributed by atoms with van der Waals surface area (Å²) < 4.78 is 17.0. The van der Waals surface area contributed by atoms with Crippen LogP contribution in [0.15, 0.2) is 28.8 Å². The van der Waals surface area contributed by atoms with Gasteiger partial charge in [-0.25, -0.2) is 14.8 Å². The lowest BCUT2D eigenvalue weighted by Crippen LogP contribution is -2.46. The number of ether oxygens (including phenoxy) is 2. The topological polar surface area (TPSA) is 173 Å². The van der Waals surface area contributed by atoms with Gasteiger partial charge in [0, 0.05) is 56.4 Å². The molecule has 1 fully saturated rings. The van der Waals surface area contributed by atoms with Gasteiger partial charge in [-0.15, -0.1) is 0 Å². The number of rotatable bonds is 13. The Morgan fingerprint density at radius 1 is 1.02 bits per heavy atom. The van der Waals surface area contributed by atoms with Crippen molar-refractivity contribution in [2.45, 2.75) is 70.9 Å². The number of nitrogens with zero attached hydrogens (tertiary/aromatic N) is 4. The van der Waals surface area contributed by atoms with E-state index in [1.165, 1.54) is 0 Å². The van der Waals surface area contributed by atoms with E-state index in [1.54, 1.807) is 7.05 Å². The lowest BCUT2D eigenvalue weighted by atomic mass is 9.88. The molecule has 1 aliphatic rings. The Balaban J connectivity index is 0.00000136. The molecular weight excluding hydrogens is 592 g/mol. The first-order valence-corrected chi connectivity index (χ1v) is 15.5. The second kappa shape index (κ2) is 16.7. The van der Waals surface area contributed by atoms with E-state index in [4.69, 9.17) is 28.8 Å². The minimum atomic E-state index is -0.591. The van der Waals surface area contributed by atoms with Crippen LogP contribution >= 0.6 is 0 Å². The summed E-state index contributed by atoms with van der Waals surface area (Å²) in [4.78, 5) is 44.7. The van der Waals surface area contributed by atoms with Crippen molar-refractivity contribution in [2.75, 3.05) is 57.2 Å². The van der Waals surface area contributed by atoms with Crippen molar-refractivity contribution in [1.29, 1.82) is 0 Å². The molecule has 2 aromatic heterocycles. The van der Waals surface area contributed by atoms with Gasteiger partial charge in [0.25, 0.3) is 0 Å². The highest BCUT2D eigenvalue weighted by Crippen LogP contribution is 2.36. The summed E-state index contributed by atoms with van der Waals surface area (Å²) >= 11 is 0. The fraction of sp³-hybridized carbons (Fsp3) is 0.562. The Morgan fingerprint density at radius 2 is 1.70 bits per heavy atom. The molecule has 14 nitrogen and oxygen atoms in total. The Kier molecular flexibility index (Phi) is 13.1. The number of nitrogens with one attached hydrogen (secondary N) is 4. The maximum Gasteiger partial charge on any atom is 0.408 e. The number of amides is 3. The van der Waals surface area contributed by atoms with Crippen molar-refractivity contribution in [1.82, 2.24) is 31.1 Å². The monoisotopic (exact) mass is 640 g/mol. The van der Waals surface area contributed by atoms with E-state index in [1.807, 2.05) is 65.9 Å². The second-order valence-electron chi connectivity index (χ2n) is 12.6. The highest BCUT2D eigenvalue weighted by molar-refractivity contribution is 5.88. The fourth-order valence-electron chi connectivity index (χ4n) is 4.92. The van der Waals surface area contributed by atoms with Crippen LogP contribution < -0.4 is 26.2 Å². The molecule has 0 radical (unpaired) electrons. The van der Waals surface area contributed by atoms with E-state index in [2.05, 4.69) is 31.3 Å². The van der Waals surface area contributed by atoms with Crippen LogP contribution in [0.4, 0.5) is 16.3 Å². The molecule has 3 amide bonds. The first-order chi connectivity index (χ1) is 21.9. The van der Waals surface area contributed by atoms with Gasteiger partial charge in [0.1, 0.15) is 16.8 Å². The number of benzene rings is 1. The molecule has 1 aromatic carbocycles. The van der Waals surface area contributed by atoms with Crippen LogP contribution in [0.5, 0.6) is 0 Å². The third-order valence-corrected chi connectivity index (χ3v) is 7.25. The molecule has 0 saturated carbocycles. The number of morpholine rings is 1. The SMILES string of the molecule is CNC=O.CNc1ccc(-c2nc(N3CCOCC3)c3onc(C(CCNC=O)CCC(C)(C)NC(=O)OC(C)(C)C)c3n2)cc1. The van der Waals surface area contributed by atoms with Gasteiger partial charge in [0.2, 0.25) is 18.4 Å². The van der Waals surface area contributed by atoms with Crippen molar-refractivity contribution >= 4 is 41.5 Å². The lowest BCUT2D eigenvalue weighted by Gasteiger charge is -2.30. The number of carbonyl (C=O) groups is 3. The predicted molar refractivity (Wildman–Crippen MR) is 177 cm³/mol. The van der Waals surface area contributed by atoms with Gasteiger partial charge in [0.15, 0.2) is 11.6 Å².